The van der Waals surface area contributed by atoms with Crippen LogP contribution in [0.15, 0.2) is 36.0 Å². The van der Waals surface area contributed by atoms with Crippen molar-refractivity contribution in [3.63, 3.8) is 0 Å². The van der Waals surface area contributed by atoms with E-state index in [2.05, 4.69) is 25.1 Å². The maximum absolute atomic E-state index is 12.3. The van der Waals surface area contributed by atoms with Crippen molar-refractivity contribution in [2.45, 2.75) is 19.5 Å². The number of thiophene rings is 1. The summed E-state index contributed by atoms with van der Waals surface area (Å²) in [5.74, 6) is 0.852. The minimum Gasteiger partial charge on any atom is -0.350 e. The van der Waals surface area contributed by atoms with E-state index in [4.69, 9.17) is 0 Å². The highest BCUT2D eigenvalue weighted by Gasteiger charge is 2.26. The molecule has 0 spiro atoms. The maximum Gasteiger partial charge on any atom is 0.237 e. The van der Waals surface area contributed by atoms with Crippen LogP contribution in [0.4, 0.5) is 5.95 Å². The highest BCUT2D eigenvalue weighted by atomic mass is 32.1. The Hall–Kier alpha value is -1.99. The molecule has 1 N–H and O–H groups in total. The number of anilines is 1. The third-order valence-corrected chi connectivity index (χ3v) is 4.97. The predicted octanol–water partition coefficient (Wildman–Crippen LogP) is 1.36. The van der Waals surface area contributed by atoms with Crippen molar-refractivity contribution in [2.24, 2.45) is 0 Å². The van der Waals surface area contributed by atoms with Crippen molar-refractivity contribution in [3.05, 3.63) is 40.8 Å². The standard InChI is InChI=1S/C16H21N5OS/c1-13(15(22)19-12-14-4-2-11-23-14)20-7-9-21(10-8-20)16-17-5-3-6-18-16/h2-6,11,13H,7-10,12H2,1H3,(H,19,22)/t13-/m1/s1. The van der Waals surface area contributed by atoms with E-state index < -0.39 is 0 Å². The van der Waals surface area contributed by atoms with Gasteiger partial charge in [0.05, 0.1) is 12.6 Å². The van der Waals surface area contributed by atoms with E-state index in [1.54, 1.807) is 23.7 Å². The topological polar surface area (TPSA) is 61.4 Å². The van der Waals surface area contributed by atoms with Gasteiger partial charge in [0.1, 0.15) is 0 Å². The van der Waals surface area contributed by atoms with Crippen LogP contribution in [0, 0.1) is 0 Å². The molecule has 0 bridgehead atoms. The molecule has 1 aliphatic heterocycles. The van der Waals surface area contributed by atoms with Gasteiger partial charge in [-0.25, -0.2) is 9.97 Å². The van der Waals surface area contributed by atoms with Gasteiger partial charge in [-0.3, -0.25) is 9.69 Å². The SMILES string of the molecule is C[C@H](C(=O)NCc1cccs1)N1CCN(c2ncccn2)CC1. The van der Waals surface area contributed by atoms with Crippen molar-refractivity contribution >= 4 is 23.2 Å². The van der Waals surface area contributed by atoms with Gasteiger partial charge in [0, 0.05) is 43.4 Å². The van der Waals surface area contributed by atoms with Gasteiger partial charge in [-0.2, -0.15) is 0 Å². The van der Waals surface area contributed by atoms with E-state index in [1.165, 1.54) is 4.88 Å². The smallest absolute Gasteiger partial charge is 0.237 e. The Kier molecular flexibility index (Phi) is 5.19. The van der Waals surface area contributed by atoms with Crippen molar-refractivity contribution in [1.29, 1.82) is 0 Å². The van der Waals surface area contributed by atoms with Gasteiger partial charge in [0.2, 0.25) is 11.9 Å². The summed E-state index contributed by atoms with van der Waals surface area (Å²) in [7, 11) is 0. The molecule has 2 aromatic rings. The third kappa shape index (κ3) is 4.05. The molecule has 6 nitrogen and oxygen atoms in total. The summed E-state index contributed by atoms with van der Waals surface area (Å²) in [6, 6.07) is 5.74. The molecule has 0 radical (unpaired) electrons. The Balaban J connectivity index is 1.47. The van der Waals surface area contributed by atoms with Crippen molar-refractivity contribution < 1.29 is 4.79 Å². The Morgan fingerprint density at radius 2 is 2.00 bits per heavy atom. The summed E-state index contributed by atoms with van der Waals surface area (Å²) >= 11 is 1.66. The number of nitrogens with zero attached hydrogens (tertiary/aromatic N) is 4. The van der Waals surface area contributed by atoms with Crippen molar-refractivity contribution in [1.82, 2.24) is 20.2 Å². The molecule has 0 unspecified atom stereocenters. The van der Waals surface area contributed by atoms with Crippen LogP contribution in [0.5, 0.6) is 0 Å². The number of nitrogens with one attached hydrogen (secondary N) is 1. The van der Waals surface area contributed by atoms with E-state index in [1.807, 2.05) is 30.5 Å². The van der Waals surface area contributed by atoms with Gasteiger partial charge in [-0.05, 0) is 24.4 Å². The zero-order valence-corrected chi connectivity index (χ0v) is 14.0. The number of amides is 1. The third-order valence-electron chi connectivity index (χ3n) is 4.09. The van der Waals surface area contributed by atoms with E-state index in [9.17, 15) is 4.79 Å². The van der Waals surface area contributed by atoms with Crippen molar-refractivity contribution in [2.75, 3.05) is 31.1 Å². The van der Waals surface area contributed by atoms with Gasteiger partial charge < -0.3 is 10.2 Å². The molecule has 1 saturated heterocycles. The molecular formula is C16H21N5OS. The second-order valence-corrected chi connectivity index (χ2v) is 6.58. The number of aromatic nitrogens is 2. The fourth-order valence-corrected chi connectivity index (χ4v) is 3.31. The van der Waals surface area contributed by atoms with E-state index in [-0.39, 0.29) is 11.9 Å². The van der Waals surface area contributed by atoms with Crippen LogP contribution in [0.1, 0.15) is 11.8 Å². The lowest BCUT2D eigenvalue weighted by Crippen LogP contribution is -2.54. The van der Waals surface area contributed by atoms with Crippen LogP contribution in [0.25, 0.3) is 0 Å². The summed E-state index contributed by atoms with van der Waals surface area (Å²) in [6.07, 6.45) is 3.52. The van der Waals surface area contributed by atoms with Crippen LogP contribution in [-0.2, 0) is 11.3 Å². The maximum atomic E-state index is 12.3. The Bertz CT molecular complexity index is 611. The lowest BCUT2D eigenvalue weighted by Gasteiger charge is -2.37. The quantitative estimate of drug-likeness (QED) is 0.896. The minimum absolute atomic E-state index is 0.0859. The van der Waals surface area contributed by atoms with Crippen LogP contribution < -0.4 is 10.2 Å². The summed E-state index contributed by atoms with van der Waals surface area (Å²) in [5.41, 5.74) is 0. The number of carbonyl (C=O) groups excluding carboxylic acids is 1. The molecule has 0 aliphatic carbocycles. The first kappa shape index (κ1) is 15.9. The molecule has 1 atom stereocenters. The van der Waals surface area contributed by atoms with E-state index in [0.717, 1.165) is 32.1 Å². The Morgan fingerprint density at radius 1 is 1.26 bits per heavy atom. The summed E-state index contributed by atoms with van der Waals surface area (Å²) in [5, 5.41) is 5.04. The van der Waals surface area contributed by atoms with Gasteiger partial charge in [-0.1, -0.05) is 6.07 Å². The van der Waals surface area contributed by atoms with Gasteiger partial charge in [0.25, 0.3) is 0 Å². The zero-order valence-electron chi connectivity index (χ0n) is 13.2. The van der Waals surface area contributed by atoms with E-state index >= 15 is 0 Å². The molecule has 2 aromatic heterocycles. The Labute approximate surface area is 140 Å². The highest BCUT2D eigenvalue weighted by Crippen LogP contribution is 2.12. The van der Waals surface area contributed by atoms with Gasteiger partial charge >= 0.3 is 0 Å². The number of hydrogen-bond donors (Lipinski definition) is 1. The molecule has 1 aliphatic rings. The fourth-order valence-electron chi connectivity index (χ4n) is 2.66. The first-order valence-electron chi connectivity index (χ1n) is 7.80. The second kappa shape index (κ2) is 7.52. The largest absolute Gasteiger partial charge is 0.350 e. The van der Waals surface area contributed by atoms with Gasteiger partial charge in [-0.15, -0.1) is 11.3 Å². The number of rotatable bonds is 5. The zero-order chi connectivity index (χ0) is 16.1. The molecular weight excluding hydrogens is 310 g/mol. The molecule has 122 valence electrons. The number of piperazine rings is 1. The van der Waals surface area contributed by atoms with Crippen LogP contribution in [0.2, 0.25) is 0 Å². The van der Waals surface area contributed by atoms with Crippen LogP contribution >= 0.6 is 11.3 Å². The second-order valence-electron chi connectivity index (χ2n) is 5.54. The number of hydrogen-bond acceptors (Lipinski definition) is 6. The molecule has 1 amide bonds. The predicted molar refractivity (Wildman–Crippen MR) is 91.4 cm³/mol. The lowest BCUT2D eigenvalue weighted by molar-refractivity contribution is -0.126. The molecule has 23 heavy (non-hydrogen) atoms. The highest BCUT2D eigenvalue weighted by molar-refractivity contribution is 7.09. The number of carbonyl (C=O) groups is 1. The molecule has 3 heterocycles. The first-order valence-corrected chi connectivity index (χ1v) is 8.68. The summed E-state index contributed by atoms with van der Waals surface area (Å²) in [4.78, 5) is 26.4. The minimum atomic E-state index is -0.117. The van der Waals surface area contributed by atoms with Crippen LogP contribution in [0.3, 0.4) is 0 Å². The monoisotopic (exact) mass is 331 g/mol. The molecule has 0 aromatic carbocycles. The first-order chi connectivity index (χ1) is 11.2. The summed E-state index contributed by atoms with van der Waals surface area (Å²) in [6.45, 7) is 5.94. The Morgan fingerprint density at radius 3 is 2.65 bits per heavy atom. The average Bonchev–Trinajstić information content (AvgIpc) is 3.13. The molecule has 7 heteroatoms. The normalized spacial score (nSPS) is 17.0. The van der Waals surface area contributed by atoms with Gasteiger partial charge in [0.15, 0.2) is 0 Å². The lowest BCUT2D eigenvalue weighted by atomic mass is 10.2. The van der Waals surface area contributed by atoms with Crippen molar-refractivity contribution in [3.8, 4) is 0 Å². The fraction of sp³-hybridized carbons (Fsp3) is 0.438. The van der Waals surface area contributed by atoms with Crippen LogP contribution in [-0.4, -0.2) is 53.0 Å². The summed E-state index contributed by atoms with van der Waals surface area (Å²) < 4.78 is 0. The van der Waals surface area contributed by atoms with E-state index in [0.29, 0.717) is 6.54 Å². The molecule has 3 rings (SSSR count). The average molecular weight is 331 g/mol. The molecule has 1 fully saturated rings. The molecule has 0 saturated carbocycles.